The lowest BCUT2D eigenvalue weighted by molar-refractivity contribution is -0.116. The molecular formula is C13H19BrN2O. The van der Waals surface area contributed by atoms with Gasteiger partial charge in [-0.05, 0) is 36.7 Å². The average molecular weight is 299 g/mol. The van der Waals surface area contributed by atoms with Crippen molar-refractivity contribution in [2.24, 2.45) is 0 Å². The molecule has 1 aromatic rings. The van der Waals surface area contributed by atoms with Crippen LogP contribution in [0.5, 0.6) is 0 Å². The Morgan fingerprint density at radius 3 is 2.76 bits per heavy atom. The van der Waals surface area contributed by atoms with E-state index in [2.05, 4.69) is 33.5 Å². The van der Waals surface area contributed by atoms with Crippen molar-refractivity contribution in [3.63, 3.8) is 0 Å². The van der Waals surface area contributed by atoms with E-state index in [1.54, 1.807) is 0 Å². The highest BCUT2D eigenvalue weighted by atomic mass is 79.9. The van der Waals surface area contributed by atoms with E-state index in [4.69, 9.17) is 0 Å². The van der Waals surface area contributed by atoms with Crippen molar-refractivity contribution < 1.29 is 4.79 Å². The van der Waals surface area contributed by atoms with Gasteiger partial charge in [0.1, 0.15) is 0 Å². The van der Waals surface area contributed by atoms with Crippen molar-refractivity contribution in [1.29, 1.82) is 0 Å². The Labute approximate surface area is 111 Å². The van der Waals surface area contributed by atoms with Crippen LogP contribution in [0.3, 0.4) is 0 Å². The molecule has 4 heteroatoms. The van der Waals surface area contributed by atoms with Crippen LogP contribution in [0.2, 0.25) is 0 Å². The van der Waals surface area contributed by atoms with E-state index in [1.807, 2.05) is 25.1 Å². The number of hydrogen-bond donors (Lipinski definition) is 2. The molecule has 0 aliphatic heterocycles. The van der Waals surface area contributed by atoms with Crippen molar-refractivity contribution in [1.82, 2.24) is 5.32 Å². The van der Waals surface area contributed by atoms with E-state index in [1.165, 1.54) is 0 Å². The summed E-state index contributed by atoms with van der Waals surface area (Å²) in [5, 5.41) is 6.08. The predicted molar refractivity (Wildman–Crippen MR) is 75.3 cm³/mol. The molecule has 0 aliphatic carbocycles. The first-order valence-corrected chi connectivity index (χ1v) is 6.75. The first-order chi connectivity index (χ1) is 8.17. The lowest BCUT2D eigenvalue weighted by atomic mass is 10.1. The normalized spacial score (nSPS) is 10.3. The Morgan fingerprint density at radius 1 is 1.35 bits per heavy atom. The zero-order valence-electron chi connectivity index (χ0n) is 10.3. The van der Waals surface area contributed by atoms with Crippen LogP contribution in [0.25, 0.3) is 0 Å². The maximum absolute atomic E-state index is 11.7. The fourth-order valence-corrected chi connectivity index (χ4v) is 1.98. The highest BCUT2D eigenvalue weighted by Gasteiger charge is 2.05. The van der Waals surface area contributed by atoms with Crippen molar-refractivity contribution >= 4 is 27.5 Å². The maximum atomic E-state index is 11.7. The Kier molecular flexibility index (Phi) is 6.22. The summed E-state index contributed by atoms with van der Waals surface area (Å²) in [4.78, 5) is 11.7. The molecule has 0 radical (unpaired) electrons. The molecule has 0 aliphatic rings. The second-order valence-electron chi connectivity index (χ2n) is 3.81. The predicted octanol–water partition coefficient (Wildman–Crippen LogP) is 2.95. The summed E-state index contributed by atoms with van der Waals surface area (Å²) in [6.07, 6.45) is 1.41. The minimum absolute atomic E-state index is 0.0583. The molecule has 0 bridgehead atoms. The topological polar surface area (TPSA) is 41.1 Å². The molecule has 0 saturated carbocycles. The average Bonchev–Trinajstić information content (AvgIpc) is 2.32. The minimum Gasteiger partial charge on any atom is -0.326 e. The third kappa shape index (κ3) is 4.88. The zero-order chi connectivity index (χ0) is 12.7. The van der Waals surface area contributed by atoms with E-state index in [0.29, 0.717) is 6.42 Å². The van der Waals surface area contributed by atoms with Gasteiger partial charge in [-0.1, -0.05) is 29.8 Å². The third-order valence-corrected chi connectivity index (χ3v) is 2.99. The van der Waals surface area contributed by atoms with Gasteiger partial charge in [0.2, 0.25) is 5.91 Å². The molecule has 1 aromatic carbocycles. The van der Waals surface area contributed by atoms with Crippen molar-refractivity contribution in [2.45, 2.75) is 26.7 Å². The standard InChI is InChI=1S/C13H19BrN2O/c1-3-10-9-11(14)5-6-12(10)16-13(17)7-8-15-4-2/h5-6,9,15H,3-4,7-8H2,1-2H3,(H,16,17). The van der Waals surface area contributed by atoms with Crippen LogP contribution in [0.15, 0.2) is 22.7 Å². The lowest BCUT2D eigenvalue weighted by Crippen LogP contribution is -2.21. The molecule has 0 fully saturated rings. The Hall–Kier alpha value is -0.870. The Bertz CT molecular complexity index is 380. The summed E-state index contributed by atoms with van der Waals surface area (Å²) >= 11 is 3.43. The number of anilines is 1. The van der Waals surface area contributed by atoms with Crippen molar-refractivity contribution in [3.05, 3.63) is 28.2 Å². The van der Waals surface area contributed by atoms with Gasteiger partial charge in [0, 0.05) is 23.1 Å². The number of rotatable bonds is 6. The summed E-state index contributed by atoms with van der Waals surface area (Å²) in [6, 6.07) is 5.92. The van der Waals surface area contributed by atoms with Crippen molar-refractivity contribution in [2.75, 3.05) is 18.4 Å². The molecule has 0 saturated heterocycles. The minimum atomic E-state index is 0.0583. The van der Waals surface area contributed by atoms with Gasteiger partial charge < -0.3 is 10.6 Å². The summed E-state index contributed by atoms with van der Waals surface area (Å²) < 4.78 is 1.04. The van der Waals surface area contributed by atoms with Crippen molar-refractivity contribution in [3.8, 4) is 0 Å². The second-order valence-corrected chi connectivity index (χ2v) is 4.72. The Morgan fingerprint density at radius 2 is 2.12 bits per heavy atom. The van der Waals surface area contributed by atoms with Crippen LogP contribution >= 0.6 is 15.9 Å². The number of nitrogens with one attached hydrogen (secondary N) is 2. The van der Waals surface area contributed by atoms with E-state index in [0.717, 1.165) is 35.2 Å². The SMILES string of the molecule is CCNCCC(=O)Nc1ccc(Br)cc1CC. The van der Waals surface area contributed by atoms with Crippen LogP contribution in [0, 0.1) is 0 Å². The molecule has 0 aromatic heterocycles. The fourth-order valence-electron chi connectivity index (χ4n) is 1.57. The van der Waals surface area contributed by atoms with Gasteiger partial charge >= 0.3 is 0 Å². The van der Waals surface area contributed by atoms with Gasteiger partial charge in [0.05, 0.1) is 0 Å². The smallest absolute Gasteiger partial charge is 0.225 e. The summed E-state index contributed by atoms with van der Waals surface area (Å²) in [6.45, 7) is 5.73. The number of aryl methyl sites for hydroxylation is 1. The molecule has 0 spiro atoms. The van der Waals surface area contributed by atoms with Crippen LogP contribution in [-0.4, -0.2) is 19.0 Å². The van der Waals surface area contributed by atoms with Gasteiger partial charge in [0.25, 0.3) is 0 Å². The highest BCUT2D eigenvalue weighted by Crippen LogP contribution is 2.21. The number of amides is 1. The van der Waals surface area contributed by atoms with Gasteiger partial charge in [0.15, 0.2) is 0 Å². The molecule has 3 nitrogen and oxygen atoms in total. The Balaban J connectivity index is 2.58. The van der Waals surface area contributed by atoms with Gasteiger partial charge in [-0.3, -0.25) is 4.79 Å². The van der Waals surface area contributed by atoms with Gasteiger partial charge in [-0.25, -0.2) is 0 Å². The number of benzene rings is 1. The first-order valence-electron chi connectivity index (χ1n) is 5.96. The molecule has 94 valence electrons. The second kappa shape index (κ2) is 7.45. The van der Waals surface area contributed by atoms with Crippen LogP contribution in [0.4, 0.5) is 5.69 Å². The van der Waals surface area contributed by atoms with E-state index in [9.17, 15) is 4.79 Å². The number of carbonyl (C=O) groups is 1. The largest absolute Gasteiger partial charge is 0.326 e. The maximum Gasteiger partial charge on any atom is 0.225 e. The van der Waals surface area contributed by atoms with E-state index in [-0.39, 0.29) is 5.91 Å². The molecule has 2 N–H and O–H groups in total. The monoisotopic (exact) mass is 298 g/mol. The lowest BCUT2D eigenvalue weighted by Gasteiger charge is -2.10. The number of halogens is 1. The molecule has 1 rings (SSSR count). The third-order valence-electron chi connectivity index (χ3n) is 2.50. The number of carbonyl (C=O) groups excluding carboxylic acids is 1. The number of hydrogen-bond acceptors (Lipinski definition) is 2. The summed E-state index contributed by atoms with van der Waals surface area (Å²) in [7, 11) is 0. The summed E-state index contributed by atoms with van der Waals surface area (Å²) in [5.41, 5.74) is 2.06. The van der Waals surface area contributed by atoms with Crippen LogP contribution < -0.4 is 10.6 Å². The molecule has 17 heavy (non-hydrogen) atoms. The highest BCUT2D eigenvalue weighted by molar-refractivity contribution is 9.10. The summed E-state index contributed by atoms with van der Waals surface area (Å²) in [5.74, 6) is 0.0583. The molecule has 0 atom stereocenters. The van der Waals surface area contributed by atoms with E-state index >= 15 is 0 Å². The fraction of sp³-hybridized carbons (Fsp3) is 0.462. The molecule has 1 amide bonds. The van der Waals surface area contributed by atoms with Gasteiger partial charge in [-0.15, -0.1) is 0 Å². The first kappa shape index (κ1) is 14.2. The molecular weight excluding hydrogens is 280 g/mol. The van der Waals surface area contributed by atoms with E-state index < -0.39 is 0 Å². The molecule has 0 heterocycles. The zero-order valence-corrected chi connectivity index (χ0v) is 11.9. The molecule has 0 unspecified atom stereocenters. The van der Waals surface area contributed by atoms with Gasteiger partial charge in [-0.2, -0.15) is 0 Å². The van der Waals surface area contributed by atoms with Crippen LogP contribution in [0.1, 0.15) is 25.8 Å². The van der Waals surface area contributed by atoms with Crippen LogP contribution in [-0.2, 0) is 11.2 Å². The quantitative estimate of drug-likeness (QED) is 0.793.